The number of hydrogen-bond donors (Lipinski definition) is 0. The second-order valence-electron chi connectivity index (χ2n) is 8.28. The van der Waals surface area contributed by atoms with Gasteiger partial charge in [-0.3, -0.25) is 14.4 Å². The zero-order valence-electron chi connectivity index (χ0n) is 20.3. The molecular weight excluding hydrogens is 478 g/mol. The van der Waals surface area contributed by atoms with E-state index in [1.165, 1.54) is 43.4 Å². The normalized spacial score (nSPS) is 14.7. The van der Waals surface area contributed by atoms with Crippen molar-refractivity contribution in [3.8, 4) is 17.2 Å². The Balaban J connectivity index is 1.29. The number of methoxy groups -OCH3 is 2. The van der Waals surface area contributed by atoms with Gasteiger partial charge in [-0.15, -0.1) is 0 Å². The first-order chi connectivity index (χ1) is 17.9. The van der Waals surface area contributed by atoms with E-state index in [4.69, 9.17) is 18.9 Å². The average Bonchev–Trinajstić information content (AvgIpc) is 3.33. The van der Waals surface area contributed by atoms with Crippen LogP contribution >= 0.6 is 0 Å². The van der Waals surface area contributed by atoms with Crippen LogP contribution in [0.3, 0.4) is 0 Å². The average molecular weight is 504 g/mol. The molecule has 9 heteroatoms. The van der Waals surface area contributed by atoms with Gasteiger partial charge in [0.25, 0.3) is 0 Å². The van der Waals surface area contributed by atoms with Gasteiger partial charge in [-0.05, 0) is 54.6 Å². The lowest BCUT2D eigenvalue weighted by atomic mass is 10.1. The monoisotopic (exact) mass is 503 g/mol. The molecule has 1 saturated heterocycles. The van der Waals surface area contributed by atoms with Crippen LogP contribution in [-0.2, 0) is 14.3 Å². The predicted octanol–water partition coefficient (Wildman–Crippen LogP) is 3.70. The lowest BCUT2D eigenvalue weighted by Crippen LogP contribution is -2.27. The summed E-state index contributed by atoms with van der Waals surface area (Å²) in [5.41, 5.74) is 1.24. The van der Waals surface area contributed by atoms with Gasteiger partial charge in [-0.2, -0.15) is 0 Å². The topological polar surface area (TPSA) is 108 Å². The van der Waals surface area contributed by atoms with Gasteiger partial charge < -0.3 is 23.8 Å². The summed E-state index contributed by atoms with van der Waals surface area (Å²) in [4.78, 5) is 51.3. The van der Waals surface area contributed by atoms with E-state index in [1.807, 2.05) is 0 Å². The number of hydrogen-bond acceptors (Lipinski definition) is 8. The van der Waals surface area contributed by atoms with Crippen molar-refractivity contribution in [3.05, 3.63) is 83.9 Å². The number of nitrogens with zero attached hydrogens (tertiary/aromatic N) is 1. The van der Waals surface area contributed by atoms with Crippen LogP contribution < -0.4 is 19.1 Å². The highest BCUT2D eigenvalue weighted by Crippen LogP contribution is 2.28. The third-order valence-electron chi connectivity index (χ3n) is 5.86. The van der Waals surface area contributed by atoms with Crippen LogP contribution in [-0.4, -0.2) is 51.0 Å². The summed E-state index contributed by atoms with van der Waals surface area (Å²) in [5, 5.41) is 0. The molecule has 190 valence electrons. The summed E-state index contributed by atoms with van der Waals surface area (Å²) in [6, 6.07) is 19.5. The first kappa shape index (κ1) is 25.4. The van der Waals surface area contributed by atoms with Gasteiger partial charge >= 0.3 is 11.9 Å². The molecule has 4 rings (SSSR count). The molecule has 1 unspecified atom stereocenters. The van der Waals surface area contributed by atoms with E-state index in [0.717, 1.165) is 0 Å². The van der Waals surface area contributed by atoms with E-state index < -0.39 is 30.2 Å². The van der Waals surface area contributed by atoms with Gasteiger partial charge in [-0.1, -0.05) is 12.1 Å². The molecule has 0 aromatic heterocycles. The van der Waals surface area contributed by atoms with Crippen LogP contribution in [0.25, 0.3) is 0 Å². The first-order valence-corrected chi connectivity index (χ1v) is 11.5. The minimum Gasteiger partial charge on any atom is -0.497 e. The van der Waals surface area contributed by atoms with E-state index in [1.54, 1.807) is 48.5 Å². The molecule has 1 amide bonds. The van der Waals surface area contributed by atoms with Crippen LogP contribution in [0.15, 0.2) is 72.8 Å². The van der Waals surface area contributed by atoms with Gasteiger partial charge in [0.15, 0.2) is 12.4 Å². The molecule has 3 aromatic carbocycles. The van der Waals surface area contributed by atoms with Crippen LogP contribution in [0.1, 0.15) is 27.1 Å². The van der Waals surface area contributed by atoms with E-state index in [9.17, 15) is 19.2 Å². The van der Waals surface area contributed by atoms with Gasteiger partial charge in [0.2, 0.25) is 5.91 Å². The summed E-state index contributed by atoms with van der Waals surface area (Å²) in [5.74, 6) is -1.11. The largest absolute Gasteiger partial charge is 0.497 e. The second kappa shape index (κ2) is 11.4. The van der Waals surface area contributed by atoms with Crippen molar-refractivity contribution in [3.63, 3.8) is 0 Å². The molecule has 0 N–H and O–H groups in total. The molecule has 0 radical (unpaired) electrons. The zero-order valence-corrected chi connectivity index (χ0v) is 20.3. The Morgan fingerprint density at radius 3 is 2.22 bits per heavy atom. The molecule has 0 spiro atoms. The highest BCUT2D eigenvalue weighted by atomic mass is 16.5. The predicted molar refractivity (Wildman–Crippen MR) is 133 cm³/mol. The fourth-order valence-corrected chi connectivity index (χ4v) is 3.86. The van der Waals surface area contributed by atoms with Gasteiger partial charge in [0, 0.05) is 30.3 Å². The number of Topliss-reactive ketones (excluding diaryl/α,β-unsaturated/α-hetero) is 1. The van der Waals surface area contributed by atoms with Crippen molar-refractivity contribution in [1.82, 2.24) is 0 Å². The minimum atomic E-state index is -0.676. The number of benzene rings is 3. The van der Waals surface area contributed by atoms with Gasteiger partial charge in [0.05, 0.1) is 25.7 Å². The summed E-state index contributed by atoms with van der Waals surface area (Å²) < 4.78 is 20.8. The summed E-state index contributed by atoms with van der Waals surface area (Å²) in [6.45, 7) is -0.308. The number of ether oxygens (including phenoxy) is 4. The number of carbonyl (C=O) groups is 4. The first-order valence-electron chi connectivity index (χ1n) is 11.5. The lowest BCUT2D eigenvalue weighted by Gasteiger charge is -2.17. The molecule has 9 nitrogen and oxygen atoms in total. The standard InChI is InChI=1S/C28H25NO8/c1-34-23-7-3-5-19(13-23)28(33)37-22-11-9-18(10-12-22)25(30)17-36-27(32)20-14-26(31)29(16-20)21-6-4-8-24(15-21)35-2/h3-13,15,20H,14,16-17H2,1-2H3. The van der Waals surface area contributed by atoms with Crippen molar-refractivity contribution < 1.29 is 38.1 Å². The molecule has 1 atom stereocenters. The Bertz CT molecular complexity index is 1320. The van der Waals surface area contributed by atoms with Gasteiger partial charge in [0.1, 0.15) is 17.2 Å². The van der Waals surface area contributed by atoms with Crippen molar-refractivity contribution in [2.24, 2.45) is 5.92 Å². The summed E-state index contributed by atoms with van der Waals surface area (Å²) >= 11 is 0. The van der Waals surface area contributed by atoms with Crippen LogP contribution in [0.2, 0.25) is 0 Å². The Labute approximate surface area is 213 Å². The third-order valence-corrected chi connectivity index (χ3v) is 5.86. The maximum Gasteiger partial charge on any atom is 0.343 e. The van der Waals surface area contributed by atoms with Crippen molar-refractivity contribution in [2.45, 2.75) is 6.42 Å². The minimum absolute atomic E-state index is 0.00239. The molecule has 0 bridgehead atoms. The molecule has 0 aliphatic carbocycles. The smallest absolute Gasteiger partial charge is 0.343 e. The number of anilines is 1. The molecule has 1 fully saturated rings. The second-order valence-corrected chi connectivity index (χ2v) is 8.28. The third kappa shape index (κ3) is 6.13. The van der Waals surface area contributed by atoms with Crippen molar-refractivity contribution in [2.75, 3.05) is 32.3 Å². The quantitative estimate of drug-likeness (QED) is 0.247. The highest BCUT2D eigenvalue weighted by Gasteiger charge is 2.36. The Morgan fingerprint density at radius 2 is 1.51 bits per heavy atom. The summed E-state index contributed by atoms with van der Waals surface area (Å²) in [6.07, 6.45) is -0.00239. The van der Waals surface area contributed by atoms with E-state index in [0.29, 0.717) is 22.7 Å². The molecule has 0 saturated carbocycles. The van der Waals surface area contributed by atoms with E-state index in [2.05, 4.69) is 0 Å². The zero-order chi connectivity index (χ0) is 26.4. The number of esters is 2. The van der Waals surface area contributed by atoms with Crippen molar-refractivity contribution in [1.29, 1.82) is 0 Å². The molecular formula is C28H25NO8. The Hall–Kier alpha value is -4.66. The fraction of sp³-hybridized carbons (Fsp3) is 0.214. The summed E-state index contributed by atoms with van der Waals surface area (Å²) in [7, 11) is 3.03. The number of rotatable bonds is 9. The molecule has 3 aromatic rings. The fourth-order valence-electron chi connectivity index (χ4n) is 3.86. The molecule has 1 aliphatic heterocycles. The van der Waals surface area contributed by atoms with E-state index >= 15 is 0 Å². The lowest BCUT2D eigenvalue weighted by molar-refractivity contribution is -0.147. The van der Waals surface area contributed by atoms with Crippen LogP contribution in [0.5, 0.6) is 17.2 Å². The number of amides is 1. The highest BCUT2D eigenvalue weighted by molar-refractivity contribution is 6.01. The number of carbonyl (C=O) groups excluding carboxylic acids is 4. The molecule has 1 aliphatic rings. The molecule has 1 heterocycles. The molecule has 37 heavy (non-hydrogen) atoms. The Kier molecular flexibility index (Phi) is 7.83. The van der Waals surface area contributed by atoms with Crippen LogP contribution in [0.4, 0.5) is 5.69 Å². The van der Waals surface area contributed by atoms with Crippen molar-refractivity contribution >= 4 is 29.3 Å². The Morgan fingerprint density at radius 1 is 0.838 bits per heavy atom. The maximum absolute atomic E-state index is 12.5. The maximum atomic E-state index is 12.5. The van der Waals surface area contributed by atoms with Gasteiger partial charge in [-0.25, -0.2) is 4.79 Å². The van der Waals surface area contributed by atoms with E-state index in [-0.39, 0.29) is 30.2 Å². The van der Waals surface area contributed by atoms with Crippen LogP contribution in [0, 0.1) is 5.92 Å². The number of ketones is 1. The SMILES string of the molecule is COc1cccc(C(=O)Oc2ccc(C(=O)COC(=O)C3CC(=O)N(c4cccc(OC)c4)C3)cc2)c1.